The van der Waals surface area contributed by atoms with E-state index in [9.17, 15) is 4.79 Å². The fourth-order valence-electron chi connectivity index (χ4n) is 2.46. The molecule has 0 aromatic heterocycles. The summed E-state index contributed by atoms with van der Waals surface area (Å²) in [5, 5.41) is 0. The van der Waals surface area contributed by atoms with Crippen molar-refractivity contribution in [3.63, 3.8) is 0 Å². The summed E-state index contributed by atoms with van der Waals surface area (Å²) in [5.41, 5.74) is 1.20. The van der Waals surface area contributed by atoms with E-state index in [1.807, 2.05) is 13.0 Å². The zero-order valence-electron chi connectivity index (χ0n) is 9.47. The predicted molar refractivity (Wildman–Crippen MR) is 60.1 cm³/mol. The van der Waals surface area contributed by atoms with Gasteiger partial charge in [-0.05, 0) is 37.7 Å². The van der Waals surface area contributed by atoms with Crippen LogP contribution in [0.15, 0.2) is 24.3 Å². The molecule has 1 atom stereocenters. The van der Waals surface area contributed by atoms with Gasteiger partial charge in [-0.1, -0.05) is 32.1 Å². The molecular formula is C13H20O. The summed E-state index contributed by atoms with van der Waals surface area (Å²) in [4.78, 5) is 11.9. The molecule has 1 saturated carbocycles. The van der Waals surface area contributed by atoms with Gasteiger partial charge < -0.3 is 0 Å². The van der Waals surface area contributed by atoms with Gasteiger partial charge in [0.2, 0.25) is 0 Å². The third-order valence-corrected chi connectivity index (χ3v) is 3.12. The normalized spacial score (nSPS) is 26.8. The maximum absolute atomic E-state index is 11.9. The number of hydrogen-bond acceptors (Lipinski definition) is 1. The fraction of sp³-hybridized carbons (Fsp3) is 0.615. The van der Waals surface area contributed by atoms with Gasteiger partial charge in [0.25, 0.3) is 0 Å². The van der Waals surface area contributed by atoms with Crippen molar-refractivity contribution in [1.82, 2.24) is 0 Å². The first-order valence-corrected chi connectivity index (χ1v) is 5.33. The number of carbonyl (C=O) groups excluding carboxylic acids is 1. The summed E-state index contributed by atoms with van der Waals surface area (Å²) in [6, 6.07) is 0. The van der Waals surface area contributed by atoms with E-state index in [0.717, 1.165) is 18.4 Å². The Bertz CT molecular complexity index is 271. The molecule has 0 radical (unpaired) electrons. The minimum Gasteiger partial charge on any atom is -0.294 e. The lowest BCUT2D eigenvalue weighted by molar-refractivity contribution is -0.120. The molecular weight excluding hydrogens is 172 g/mol. The Kier molecular flexibility index (Phi) is 3.30. The number of allylic oxidation sites excluding steroid dienone is 3. The Morgan fingerprint density at radius 1 is 1.57 bits per heavy atom. The summed E-state index contributed by atoms with van der Waals surface area (Å²) in [5.74, 6) is 0.259. The monoisotopic (exact) mass is 192 g/mol. The predicted octanol–water partition coefficient (Wildman–Crippen LogP) is 3.51. The molecule has 0 N–H and O–H groups in total. The molecule has 14 heavy (non-hydrogen) atoms. The Morgan fingerprint density at radius 2 is 2.21 bits per heavy atom. The number of rotatable bonds is 2. The Labute approximate surface area is 86.9 Å². The summed E-state index contributed by atoms with van der Waals surface area (Å²) in [7, 11) is 0. The lowest BCUT2D eigenvalue weighted by Gasteiger charge is -2.38. The first-order valence-electron chi connectivity index (χ1n) is 5.33. The Balaban J connectivity index is 2.90. The molecule has 0 aliphatic heterocycles. The molecule has 1 rings (SSSR count). The van der Waals surface area contributed by atoms with Gasteiger partial charge in [0.05, 0.1) is 0 Å². The van der Waals surface area contributed by atoms with Crippen molar-refractivity contribution < 1.29 is 4.79 Å². The number of carbonyl (C=O) groups is 1. The highest BCUT2D eigenvalue weighted by Gasteiger charge is 2.38. The van der Waals surface area contributed by atoms with E-state index in [4.69, 9.17) is 0 Å². The van der Waals surface area contributed by atoms with Crippen LogP contribution in [0.3, 0.4) is 0 Å². The van der Waals surface area contributed by atoms with E-state index in [0.29, 0.717) is 0 Å². The van der Waals surface area contributed by atoms with Crippen LogP contribution in [0.2, 0.25) is 0 Å². The summed E-state index contributed by atoms with van der Waals surface area (Å²) in [6.07, 6.45) is 6.81. The van der Waals surface area contributed by atoms with Crippen molar-refractivity contribution in [3.8, 4) is 0 Å². The smallest absolute Gasteiger partial charge is 0.162 e. The highest BCUT2D eigenvalue weighted by Crippen LogP contribution is 2.43. The van der Waals surface area contributed by atoms with Gasteiger partial charge in [-0.2, -0.15) is 0 Å². The molecule has 0 heterocycles. The molecule has 1 aliphatic rings. The molecule has 1 unspecified atom stereocenters. The maximum Gasteiger partial charge on any atom is 0.162 e. The quantitative estimate of drug-likeness (QED) is 0.483. The van der Waals surface area contributed by atoms with E-state index < -0.39 is 0 Å². The summed E-state index contributed by atoms with van der Waals surface area (Å²) < 4.78 is 0. The van der Waals surface area contributed by atoms with Crippen molar-refractivity contribution in [1.29, 1.82) is 0 Å². The van der Waals surface area contributed by atoms with Crippen LogP contribution in [0.1, 0.15) is 40.0 Å². The van der Waals surface area contributed by atoms with Gasteiger partial charge in [-0.25, -0.2) is 0 Å². The average molecular weight is 192 g/mol. The van der Waals surface area contributed by atoms with E-state index in [1.165, 1.54) is 6.42 Å². The van der Waals surface area contributed by atoms with Gasteiger partial charge in [0.1, 0.15) is 0 Å². The maximum atomic E-state index is 11.9. The summed E-state index contributed by atoms with van der Waals surface area (Å²) in [6.45, 7) is 10.3. The van der Waals surface area contributed by atoms with Crippen LogP contribution in [0.4, 0.5) is 0 Å². The summed E-state index contributed by atoms with van der Waals surface area (Å²) >= 11 is 0. The Hall–Kier alpha value is -0.850. The number of ketones is 1. The fourth-order valence-corrected chi connectivity index (χ4v) is 2.46. The van der Waals surface area contributed by atoms with Crippen molar-refractivity contribution >= 4 is 5.78 Å². The zero-order chi connectivity index (χ0) is 10.8. The van der Waals surface area contributed by atoms with Crippen LogP contribution in [-0.4, -0.2) is 5.78 Å². The van der Waals surface area contributed by atoms with Crippen LogP contribution < -0.4 is 0 Å². The van der Waals surface area contributed by atoms with Gasteiger partial charge in [-0.3, -0.25) is 4.79 Å². The van der Waals surface area contributed by atoms with Crippen LogP contribution in [0, 0.1) is 11.3 Å². The van der Waals surface area contributed by atoms with Crippen molar-refractivity contribution in [2.75, 3.05) is 0 Å². The Morgan fingerprint density at radius 3 is 2.71 bits per heavy atom. The van der Waals surface area contributed by atoms with Crippen LogP contribution in [0.25, 0.3) is 0 Å². The SMILES string of the molecule is C=C1CCCC(C)(C)C1C(=O)C=CC. The molecule has 1 heteroatoms. The number of hydrogen-bond donors (Lipinski definition) is 0. The minimum absolute atomic E-state index is 0.0347. The third kappa shape index (κ3) is 2.14. The molecule has 0 spiro atoms. The molecule has 0 bridgehead atoms. The minimum atomic E-state index is 0.0347. The largest absolute Gasteiger partial charge is 0.294 e. The molecule has 0 saturated heterocycles. The highest BCUT2D eigenvalue weighted by molar-refractivity contribution is 5.94. The standard InChI is InChI=1S/C13H20O/c1-5-7-11(14)12-10(2)8-6-9-13(12,3)4/h5,7,12H,2,6,8-9H2,1,3-4H3. The van der Waals surface area contributed by atoms with E-state index in [2.05, 4.69) is 20.4 Å². The van der Waals surface area contributed by atoms with Gasteiger partial charge >= 0.3 is 0 Å². The second-order valence-electron chi connectivity index (χ2n) is 4.84. The van der Waals surface area contributed by atoms with Crippen LogP contribution in [0.5, 0.6) is 0 Å². The van der Waals surface area contributed by atoms with E-state index in [1.54, 1.807) is 6.08 Å². The highest BCUT2D eigenvalue weighted by atomic mass is 16.1. The molecule has 0 aromatic rings. The molecule has 1 nitrogen and oxygen atoms in total. The topological polar surface area (TPSA) is 17.1 Å². The molecule has 0 aromatic carbocycles. The lowest BCUT2D eigenvalue weighted by Crippen LogP contribution is -2.34. The van der Waals surface area contributed by atoms with Crippen molar-refractivity contribution in [3.05, 3.63) is 24.3 Å². The molecule has 1 aliphatic carbocycles. The first-order chi connectivity index (χ1) is 6.49. The first kappa shape index (κ1) is 11.2. The van der Waals surface area contributed by atoms with E-state index in [-0.39, 0.29) is 17.1 Å². The average Bonchev–Trinajstić information content (AvgIpc) is 2.02. The second kappa shape index (κ2) is 4.12. The lowest BCUT2D eigenvalue weighted by atomic mass is 9.65. The second-order valence-corrected chi connectivity index (χ2v) is 4.84. The third-order valence-electron chi connectivity index (χ3n) is 3.12. The van der Waals surface area contributed by atoms with E-state index >= 15 is 0 Å². The van der Waals surface area contributed by atoms with Crippen molar-refractivity contribution in [2.45, 2.75) is 40.0 Å². The molecule has 78 valence electrons. The van der Waals surface area contributed by atoms with Gasteiger partial charge in [-0.15, -0.1) is 0 Å². The van der Waals surface area contributed by atoms with Crippen LogP contribution in [-0.2, 0) is 4.79 Å². The van der Waals surface area contributed by atoms with Crippen LogP contribution >= 0.6 is 0 Å². The van der Waals surface area contributed by atoms with Gasteiger partial charge in [0, 0.05) is 5.92 Å². The van der Waals surface area contributed by atoms with Crippen molar-refractivity contribution in [2.24, 2.45) is 11.3 Å². The molecule has 0 amide bonds. The van der Waals surface area contributed by atoms with Gasteiger partial charge in [0.15, 0.2) is 5.78 Å². The zero-order valence-corrected chi connectivity index (χ0v) is 9.47. The molecule has 1 fully saturated rings.